The predicted octanol–water partition coefficient (Wildman–Crippen LogP) is 0.370. The van der Waals surface area contributed by atoms with Crippen molar-refractivity contribution in [2.45, 2.75) is 44.7 Å². The molecule has 6 amide bonds. The van der Waals surface area contributed by atoms with Crippen LogP contribution in [0.2, 0.25) is 0 Å². The van der Waals surface area contributed by atoms with Gasteiger partial charge in [-0.3, -0.25) is 24.5 Å². The Morgan fingerprint density at radius 3 is 2.19 bits per heavy atom. The van der Waals surface area contributed by atoms with E-state index in [9.17, 15) is 43.8 Å². The lowest BCUT2D eigenvalue weighted by molar-refractivity contribution is -0.160. The standard InChI is InChI=1S/C23H28N4O10/c28-16(29)10-9-14(20(32)33)17-18(30)26-23(37)27(19(17)31)15(21(34)35)8-4-5-11-24-22(36)25-12-13-6-2-1-3-7-13/h1-3,6-7,14-15,17H,4-5,8-12H2,(H,28,29)(H,32,33)(H,34,35)(H2,24,25,36)(H,26,30,37)/t14-,15-,17?/m0/s1. The van der Waals surface area contributed by atoms with Gasteiger partial charge in [-0.1, -0.05) is 30.3 Å². The van der Waals surface area contributed by atoms with Gasteiger partial charge in [0.1, 0.15) is 12.0 Å². The summed E-state index contributed by atoms with van der Waals surface area (Å²) in [6, 6.07) is 5.74. The Labute approximate surface area is 211 Å². The number of rotatable bonds is 14. The molecule has 0 radical (unpaired) electrons. The fraction of sp³-hybridized carbons (Fsp3) is 0.435. The summed E-state index contributed by atoms with van der Waals surface area (Å²) in [6.07, 6.45) is -1.00. The normalized spacial score (nSPS) is 16.9. The second-order valence-electron chi connectivity index (χ2n) is 8.30. The summed E-state index contributed by atoms with van der Waals surface area (Å²) in [5.74, 6) is -10.8. The predicted molar refractivity (Wildman–Crippen MR) is 124 cm³/mol. The molecule has 14 heteroatoms. The van der Waals surface area contributed by atoms with Crippen LogP contribution in [0.15, 0.2) is 30.3 Å². The zero-order valence-electron chi connectivity index (χ0n) is 19.7. The highest BCUT2D eigenvalue weighted by molar-refractivity contribution is 6.18. The van der Waals surface area contributed by atoms with Crippen LogP contribution in [0.3, 0.4) is 0 Å². The molecule has 1 fully saturated rings. The van der Waals surface area contributed by atoms with E-state index in [-0.39, 0.29) is 19.4 Å². The van der Waals surface area contributed by atoms with Gasteiger partial charge >= 0.3 is 30.0 Å². The number of carboxylic acid groups (broad SMARTS) is 3. The Hall–Kier alpha value is -4.49. The van der Waals surface area contributed by atoms with E-state index in [2.05, 4.69) is 10.6 Å². The van der Waals surface area contributed by atoms with E-state index in [1.807, 2.05) is 30.3 Å². The minimum absolute atomic E-state index is 0.160. The molecule has 0 aliphatic carbocycles. The van der Waals surface area contributed by atoms with Crippen molar-refractivity contribution in [3.8, 4) is 0 Å². The topological polar surface area (TPSA) is 220 Å². The molecule has 0 saturated carbocycles. The van der Waals surface area contributed by atoms with E-state index in [4.69, 9.17) is 5.11 Å². The molecule has 37 heavy (non-hydrogen) atoms. The largest absolute Gasteiger partial charge is 0.481 e. The van der Waals surface area contributed by atoms with E-state index in [0.29, 0.717) is 17.9 Å². The molecule has 1 aliphatic heterocycles. The third-order valence-electron chi connectivity index (χ3n) is 5.71. The summed E-state index contributed by atoms with van der Waals surface area (Å²) >= 11 is 0. The number of aliphatic carboxylic acids is 3. The molecule has 1 unspecified atom stereocenters. The monoisotopic (exact) mass is 520 g/mol. The number of amides is 6. The molecule has 2 rings (SSSR count). The third-order valence-corrected chi connectivity index (χ3v) is 5.71. The quantitative estimate of drug-likeness (QED) is 0.146. The first-order chi connectivity index (χ1) is 17.5. The van der Waals surface area contributed by atoms with Gasteiger partial charge in [0.15, 0.2) is 0 Å². The molecule has 1 aromatic rings. The molecule has 0 bridgehead atoms. The van der Waals surface area contributed by atoms with Crippen LogP contribution < -0.4 is 16.0 Å². The van der Waals surface area contributed by atoms with E-state index < -0.39 is 72.5 Å². The summed E-state index contributed by atoms with van der Waals surface area (Å²) in [6.45, 7) is 0.480. The van der Waals surface area contributed by atoms with Crippen LogP contribution in [-0.4, -0.2) is 74.6 Å². The van der Waals surface area contributed by atoms with Gasteiger partial charge in [0.2, 0.25) is 11.8 Å². The zero-order chi connectivity index (χ0) is 27.5. The first-order valence-corrected chi connectivity index (χ1v) is 11.4. The molecule has 1 aromatic carbocycles. The fourth-order valence-electron chi connectivity index (χ4n) is 3.84. The number of carboxylic acids is 3. The molecule has 1 heterocycles. The molecule has 3 atom stereocenters. The van der Waals surface area contributed by atoms with Crippen LogP contribution in [0.4, 0.5) is 9.59 Å². The SMILES string of the molecule is O=C(O)CC[C@H](C(=O)O)C1C(=O)NC(=O)N([C@@H](CCCCNC(=O)NCc2ccccc2)C(=O)O)C1=O. The maximum Gasteiger partial charge on any atom is 0.331 e. The molecule has 6 N–H and O–H groups in total. The van der Waals surface area contributed by atoms with Crippen molar-refractivity contribution in [1.82, 2.24) is 20.9 Å². The number of nitrogens with one attached hydrogen (secondary N) is 3. The zero-order valence-corrected chi connectivity index (χ0v) is 19.7. The number of benzene rings is 1. The second kappa shape index (κ2) is 13.6. The van der Waals surface area contributed by atoms with Crippen LogP contribution in [0.1, 0.15) is 37.7 Å². The van der Waals surface area contributed by atoms with Crippen LogP contribution in [-0.2, 0) is 30.5 Å². The Balaban J connectivity index is 1.95. The van der Waals surface area contributed by atoms with E-state index in [0.717, 1.165) is 5.56 Å². The van der Waals surface area contributed by atoms with Crippen molar-refractivity contribution in [1.29, 1.82) is 0 Å². The van der Waals surface area contributed by atoms with Gasteiger partial charge in [-0.05, 0) is 31.2 Å². The highest BCUT2D eigenvalue weighted by Crippen LogP contribution is 2.26. The van der Waals surface area contributed by atoms with Crippen molar-refractivity contribution in [3.63, 3.8) is 0 Å². The van der Waals surface area contributed by atoms with Crippen molar-refractivity contribution in [2.75, 3.05) is 6.54 Å². The van der Waals surface area contributed by atoms with Crippen LogP contribution in [0.5, 0.6) is 0 Å². The summed E-state index contributed by atoms with van der Waals surface area (Å²) in [5, 5.41) is 35.0. The van der Waals surface area contributed by atoms with Gasteiger partial charge in [-0.25, -0.2) is 19.3 Å². The van der Waals surface area contributed by atoms with Gasteiger partial charge in [0.25, 0.3) is 0 Å². The van der Waals surface area contributed by atoms with Gasteiger partial charge < -0.3 is 26.0 Å². The lowest BCUT2D eigenvalue weighted by Gasteiger charge is -2.35. The van der Waals surface area contributed by atoms with Crippen LogP contribution >= 0.6 is 0 Å². The number of hydrogen-bond acceptors (Lipinski definition) is 7. The number of nitrogens with zero attached hydrogens (tertiary/aromatic N) is 1. The summed E-state index contributed by atoms with van der Waals surface area (Å²) < 4.78 is 0. The maximum atomic E-state index is 13.0. The van der Waals surface area contributed by atoms with Crippen molar-refractivity contribution < 1.29 is 48.9 Å². The minimum Gasteiger partial charge on any atom is -0.481 e. The molecule has 0 aromatic heterocycles. The Morgan fingerprint density at radius 2 is 1.59 bits per heavy atom. The summed E-state index contributed by atoms with van der Waals surface area (Å²) in [5.41, 5.74) is 0.899. The molecular weight excluding hydrogens is 492 g/mol. The van der Waals surface area contributed by atoms with Crippen LogP contribution in [0.25, 0.3) is 0 Å². The molecule has 200 valence electrons. The van der Waals surface area contributed by atoms with Gasteiger partial charge in [0, 0.05) is 19.5 Å². The van der Waals surface area contributed by atoms with Gasteiger partial charge in [-0.2, -0.15) is 0 Å². The molecular formula is C23H28N4O10. The van der Waals surface area contributed by atoms with E-state index >= 15 is 0 Å². The molecule has 14 nitrogen and oxygen atoms in total. The number of urea groups is 2. The lowest BCUT2D eigenvalue weighted by atomic mass is 9.85. The summed E-state index contributed by atoms with van der Waals surface area (Å²) in [7, 11) is 0. The first kappa shape index (κ1) is 28.7. The van der Waals surface area contributed by atoms with Crippen LogP contribution in [0, 0.1) is 11.8 Å². The van der Waals surface area contributed by atoms with Gasteiger partial charge in [-0.15, -0.1) is 0 Å². The highest BCUT2D eigenvalue weighted by atomic mass is 16.4. The number of barbiturate groups is 1. The van der Waals surface area contributed by atoms with E-state index in [1.54, 1.807) is 5.32 Å². The molecule has 1 aliphatic rings. The molecule has 1 saturated heterocycles. The summed E-state index contributed by atoms with van der Waals surface area (Å²) in [4.78, 5) is 84.1. The smallest absolute Gasteiger partial charge is 0.331 e. The van der Waals surface area contributed by atoms with Crippen molar-refractivity contribution in [3.05, 3.63) is 35.9 Å². The number of unbranched alkanes of at least 4 members (excludes halogenated alkanes) is 1. The number of imide groups is 2. The first-order valence-electron chi connectivity index (χ1n) is 11.4. The fourth-order valence-corrected chi connectivity index (χ4v) is 3.84. The van der Waals surface area contributed by atoms with Crippen molar-refractivity contribution >= 4 is 41.8 Å². The number of carbonyl (C=O) groups excluding carboxylic acids is 4. The third kappa shape index (κ3) is 8.30. The lowest BCUT2D eigenvalue weighted by Crippen LogP contribution is -2.64. The van der Waals surface area contributed by atoms with E-state index in [1.165, 1.54) is 0 Å². The maximum absolute atomic E-state index is 13.0. The second-order valence-corrected chi connectivity index (χ2v) is 8.30. The number of hydrogen-bond donors (Lipinski definition) is 6. The highest BCUT2D eigenvalue weighted by Gasteiger charge is 2.50. The number of carbonyl (C=O) groups is 7. The van der Waals surface area contributed by atoms with Crippen molar-refractivity contribution in [2.24, 2.45) is 11.8 Å². The average molecular weight is 520 g/mol. The molecule has 0 spiro atoms. The minimum atomic E-state index is -1.97. The average Bonchev–Trinajstić information content (AvgIpc) is 2.83. The Bertz CT molecular complexity index is 1050. The Morgan fingerprint density at radius 1 is 0.919 bits per heavy atom. The van der Waals surface area contributed by atoms with Gasteiger partial charge in [0.05, 0.1) is 5.92 Å². The Kier molecular flexibility index (Phi) is 10.5.